The molecule has 0 saturated carbocycles. The van der Waals surface area contributed by atoms with Crippen LogP contribution in [0.5, 0.6) is 0 Å². The maximum Gasteiger partial charge on any atom is 0.306 e. The Morgan fingerprint density at radius 1 is 1.67 bits per heavy atom. The van der Waals surface area contributed by atoms with Crippen molar-refractivity contribution in [3.05, 3.63) is 0 Å². The molecule has 0 bridgehead atoms. The van der Waals surface area contributed by atoms with Crippen molar-refractivity contribution in [1.29, 1.82) is 5.41 Å². The molecule has 0 radical (unpaired) electrons. The highest BCUT2D eigenvalue weighted by Crippen LogP contribution is 2.18. The van der Waals surface area contributed by atoms with Crippen molar-refractivity contribution in [1.82, 2.24) is 0 Å². The van der Waals surface area contributed by atoms with E-state index in [0.29, 0.717) is 12.8 Å². The van der Waals surface area contributed by atoms with Crippen LogP contribution in [0.4, 0.5) is 0 Å². The zero-order chi connectivity index (χ0) is 9.72. The molecule has 4 N–H and O–H groups in total. The third kappa shape index (κ3) is 3.37. The number of aliphatic carboxylic acids is 1. The summed E-state index contributed by atoms with van der Waals surface area (Å²) in [5, 5.41) is 15.8. The summed E-state index contributed by atoms with van der Waals surface area (Å²) < 4.78 is 0. The van der Waals surface area contributed by atoms with E-state index in [1.165, 1.54) is 0 Å². The van der Waals surface area contributed by atoms with E-state index < -0.39 is 5.97 Å². The number of amidine groups is 1. The quantitative estimate of drug-likeness (QED) is 0.428. The number of carbonyl (C=O) groups is 1. The monoisotopic (exact) mass is 172 g/mol. The molecular weight excluding hydrogens is 156 g/mol. The minimum Gasteiger partial charge on any atom is -0.481 e. The van der Waals surface area contributed by atoms with E-state index in [4.69, 9.17) is 16.2 Å². The van der Waals surface area contributed by atoms with Crippen molar-refractivity contribution in [2.75, 3.05) is 0 Å². The van der Waals surface area contributed by atoms with Gasteiger partial charge in [0.05, 0.1) is 11.8 Å². The van der Waals surface area contributed by atoms with E-state index in [0.717, 1.165) is 0 Å². The third-order valence-electron chi connectivity index (χ3n) is 1.99. The van der Waals surface area contributed by atoms with Crippen molar-refractivity contribution >= 4 is 11.8 Å². The molecule has 4 heteroatoms. The first-order valence-corrected chi connectivity index (χ1v) is 4.04. The molecule has 12 heavy (non-hydrogen) atoms. The molecule has 0 aromatic carbocycles. The summed E-state index contributed by atoms with van der Waals surface area (Å²) in [5.41, 5.74) is 5.18. The van der Waals surface area contributed by atoms with Crippen LogP contribution in [0.1, 0.15) is 26.7 Å². The lowest BCUT2D eigenvalue weighted by molar-refractivity contribution is -0.143. The number of hydrogen-bond acceptors (Lipinski definition) is 2. The van der Waals surface area contributed by atoms with E-state index >= 15 is 0 Å². The molecule has 70 valence electrons. The molecular formula is C8H16N2O2. The summed E-state index contributed by atoms with van der Waals surface area (Å²) in [6.07, 6.45) is 0.953. The van der Waals surface area contributed by atoms with Crippen LogP contribution in [-0.2, 0) is 4.79 Å². The molecule has 0 rings (SSSR count). The van der Waals surface area contributed by atoms with Crippen LogP contribution in [0.2, 0.25) is 0 Å². The van der Waals surface area contributed by atoms with Gasteiger partial charge in [0.1, 0.15) is 0 Å². The van der Waals surface area contributed by atoms with Gasteiger partial charge in [0.25, 0.3) is 0 Å². The highest BCUT2D eigenvalue weighted by atomic mass is 16.4. The Balaban J connectivity index is 4.11. The summed E-state index contributed by atoms with van der Waals surface area (Å²) in [5.74, 6) is -1.17. The average molecular weight is 172 g/mol. The summed E-state index contributed by atoms with van der Waals surface area (Å²) in [7, 11) is 0. The van der Waals surface area contributed by atoms with Gasteiger partial charge in [0.15, 0.2) is 0 Å². The largest absolute Gasteiger partial charge is 0.481 e. The fourth-order valence-electron chi connectivity index (χ4n) is 1.31. The SMILES string of the molecule is CCC(C(=O)O)C(C)CC(=N)N. The van der Waals surface area contributed by atoms with Crippen molar-refractivity contribution in [2.45, 2.75) is 26.7 Å². The molecule has 0 heterocycles. The number of carboxylic acid groups (broad SMARTS) is 1. The van der Waals surface area contributed by atoms with Gasteiger partial charge < -0.3 is 10.8 Å². The standard InChI is InChI=1S/C8H16N2O2/c1-3-6(8(11)12)5(2)4-7(9)10/h5-6H,3-4H2,1-2H3,(H3,9,10)(H,11,12). The molecule has 4 nitrogen and oxygen atoms in total. The van der Waals surface area contributed by atoms with Gasteiger partial charge in [0, 0.05) is 6.42 Å². The lowest BCUT2D eigenvalue weighted by Gasteiger charge is -2.17. The van der Waals surface area contributed by atoms with E-state index in [2.05, 4.69) is 0 Å². The zero-order valence-electron chi connectivity index (χ0n) is 7.50. The van der Waals surface area contributed by atoms with Gasteiger partial charge in [-0.1, -0.05) is 13.8 Å². The van der Waals surface area contributed by atoms with Crippen LogP contribution in [-0.4, -0.2) is 16.9 Å². The minimum absolute atomic E-state index is 0.0509. The van der Waals surface area contributed by atoms with Crippen molar-refractivity contribution in [3.8, 4) is 0 Å². The Bertz CT molecular complexity index is 180. The summed E-state index contributed by atoms with van der Waals surface area (Å²) in [6, 6.07) is 0. The van der Waals surface area contributed by atoms with Crippen LogP contribution >= 0.6 is 0 Å². The predicted molar refractivity (Wildman–Crippen MR) is 47.1 cm³/mol. The van der Waals surface area contributed by atoms with E-state index in [9.17, 15) is 4.79 Å². The first-order chi connectivity index (χ1) is 5.49. The average Bonchev–Trinajstić information content (AvgIpc) is 1.85. The molecule has 0 aliphatic rings. The second kappa shape index (κ2) is 4.74. The molecule has 0 aliphatic carbocycles. The maximum atomic E-state index is 10.6. The molecule has 0 aliphatic heterocycles. The maximum absolute atomic E-state index is 10.6. The van der Waals surface area contributed by atoms with Crippen LogP contribution < -0.4 is 5.73 Å². The summed E-state index contributed by atoms with van der Waals surface area (Å²) in [6.45, 7) is 3.64. The Labute approximate surface area is 72.3 Å². The topological polar surface area (TPSA) is 87.2 Å². The zero-order valence-corrected chi connectivity index (χ0v) is 7.50. The van der Waals surface area contributed by atoms with Crippen molar-refractivity contribution in [2.24, 2.45) is 17.6 Å². The molecule has 2 unspecified atom stereocenters. The Hall–Kier alpha value is -1.06. The molecule has 0 saturated heterocycles. The Kier molecular flexibility index (Phi) is 4.33. The number of carboxylic acids is 1. The van der Waals surface area contributed by atoms with Crippen LogP contribution in [0, 0.1) is 17.2 Å². The first-order valence-electron chi connectivity index (χ1n) is 4.04. The molecule has 0 spiro atoms. The van der Waals surface area contributed by atoms with Crippen molar-refractivity contribution in [3.63, 3.8) is 0 Å². The van der Waals surface area contributed by atoms with Crippen molar-refractivity contribution < 1.29 is 9.90 Å². The highest BCUT2D eigenvalue weighted by molar-refractivity contribution is 5.78. The lowest BCUT2D eigenvalue weighted by atomic mass is 9.89. The van der Waals surface area contributed by atoms with E-state index in [1.807, 2.05) is 13.8 Å². The van der Waals surface area contributed by atoms with Gasteiger partial charge >= 0.3 is 5.97 Å². The van der Waals surface area contributed by atoms with Gasteiger partial charge in [-0.2, -0.15) is 0 Å². The predicted octanol–water partition coefficient (Wildman–Crippen LogP) is 1.06. The van der Waals surface area contributed by atoms with Gasteiger partial charge in [-0.25, -0.2) is 0 Å². The molecule has 0 fully saturated rings. The van der Waals surface area contributed by atoms with E-state index in [1.54, 1.807) is 0 Å². The lowest BCUT2D eigenvalue weighted by Crippen LogP contribution is -2.25. The smallest absolute Gasteiger partial charge is 0.306 e. The minimum atomic E-state index is -0.800. The number of hydrogen-bond donors (Lipinski definition) is 3. The van der Waals surface area contributed by atoms with Gasteiger partial charge in [-0.05, 0) is 12.3 Å². The normalized spacial score (nSPS) is 15.2. The second-order valence-corrected chi connectivity index (χ2v) is 3.06. The molecule has 0 aromatic rings. The fraction of sp³-hybridized carbons (Fsp3) is 0.750. The molecule has 0 aromatic heterocycles. The first kappa shape index (κ1) is 10.9. The number of nitrogens with two attached hydrogens (primary N) is 1. The fourth-order valence-corrected chi connectivity index (χ4v) is 1.31. The Morgan fingerprint density at radius 3 is 2.42 bits per heavy atom. The van der Waals surface area contributed by atoms with Crippen LogP contribution in [0.15, 0.2) is 0 Å². The van der Waals surface area contributed by atoms with Gasteiger partial charge in [-0.15, -0.1) is 0 Å². The Morgan fingerprint density at radius 2 is 2.17 bits per heavy atom. The highest BCUT2D eigenvalue weighted by Gasteiger charge is 2.22. The van der Waals surface area contributed by atoms with E-state index in [-0.39, 0.29) is 17.7 Å². The van der Waals surface area contributed by atoms with Crippen LogP contribution in [0.3, 0.4) is 0 Å². The molecule has 0 amide bonds. The third-order valence-corrected chi connectivity index (χ3v) is 1.99. The molecule has 2 atom stereocenters. The summed E-state index contributed by atoms with van der Waals surface area (Å²) in [4.78, 5) is 10.6. The van der Waals surface area contributed by atoms with Gasteiger partial charge in [-0.3, -0.25) is 10.2 Å². The van der Waals surface area contributed by atoms with Crippen LogP contribution in [0.25, 0.3) is 0 Å². The number of nitrogens with one attached hydrogen (secondary N) is 1. The summed E-state index contributed by atoms with van der Waals surface area (Å²) >= 11 is 0. The van der Waals surface area contributed by atoms with Gasteiger partial charge in [0.2, 0.25) is 0 Å². The number of rotatable bonds is 5. The second-order valence-electron chi connectivity index (χ2n) is 3.06.